The number of nitrogens with zero attached hydrogens (tertiary/aromatic N) is 1. The quantitative estimate of drug-likeness (QED) is 0.850. The molecule has 2 aliphatic rings. The Hall–Kier alpha value is -1.30. The minimum absolute atomic E-state index is 0. The van der Waals surface area contributed by atoms with Crippen LogP contribution in [-0.4, -0.2) is 50.3 Å². The molecule has 0 aromatic heterocycles. The number of rotatable bonds is 5. The molecule has 2 fully saturated rings. The molecule has 26 heavy (non-hydrogen) atoms. The van der Waals surface area contributed by atoms with Gasteiger partial charge in [-0.05, 0) is 61.6 Å². The Bertz CT molecular complexity index is 553. The first kappa shape index (κ1) is 21.0. The van der Waals surface area contributed by atoms with Crippen LogP contribution in [0.5, 0.6) is 5.75 Å². The van der Waals surface area contributed by atoms with Crippen LogP contribution in [0.3, 0.4) is 0 Å². The van der Waals surface area contributed by atoms with E-state index in [0.29, 0.717) is 5.92 Å². The second-order valence-corrected chi connectivity index (χ2v) is 7.30. The Labute approximate surface area is 162 Å². The van der Waals surface area contributed by atoms with Crippen molar-refractivity contribution in [3.05, 3.63) is 29.8 Å². The van der Waals surface area contributed by atoms with E-state index in [0.717, 1.165) is 64.2 Å². The average molecular weight is 383 g/mol. The third-order valence-corrected chi connectivity index (χ3v) is 5.67. The lowest BCUT2D eigenvalue weighted by atomic mass is 9.88. The summed E-state index contributed by atoms with van der Waals surface area (Å²) in [7, 11) is 1.69. The molecule has 0 radical (unpaired) electrons. The highest BCUT2D eigenvalue weighted by Crippen LogP contribution is 2.25. The molecule has 1 aromatic rings. The number of piperidine rings is 1. The Morgan fingerprint density at radius 2 is 1.81 bits per heavy atom. The third kappa shape index (κ3) is 5.35. The van der Waals surface area contributed by atoms with E-state index in [4.69, 9.17) is 15.2 Å². The molecular formula is C20H31ClN2O3. The standard InChI is InChI=1S/C20H30N2O3.ClH/c1-24-18-4-2-15(3-5-18)14-16-6-10-22(11-7-16)20(23)19(21)17-8-12-25-13-9-17;/h2-5,16-17,19H,6-14,21H2,1H3;1H. The van der Waals surface area contributed by atoms with E-state index < -0.39 is 0 Å². The van der Waals surface area contributed by atoms with Crippen molar-refractivity contribution in [1.29, 1.82) is 0 Å². The lowest BCUT2D eigenvalue weighted by Gasteiger charge is -2.36. The number of carbonyl (C=O) groups excluding carboxylic acids is 1. The van der Waals surface area contributed by atoms with E-state index >= 15 is 0 Å². The summed E-state index contributed by atoms with van der Waals surface area (Å²) in [5.74, 6) is 1.94. The summed E-state index contributed by atoms with van der Waals surface area (Å²) >= 11 is 0. The SMILES string of the molecule is COc1ccc(CC2CCN(C(=O)C(N)C3CCOCC3)CC2)cc1.Cl. The van der Waals surface area contributed by atoms with Crippen LogP contribution in [0.1, 0.15) is 31.2 Å². The van der Waals surface area contributed by atoms with Crippen molar-refractivity contribution < 1.29 is 14.3 Å². The molecular weight excluding hydrogens is 352 g/mol. The molecule has 1 atom stereocenters. The zero-order valence-electron chi connectivity index (χ0n) is 15.6. The van der Waals surface area contributed by atoms with Gasteiger partial charge in [0.25, 0.3) is 0 Å². The molecule has 2 N–H and O–H groups in total. The first-order chi connectivity index (χ1) is 12.2. The number of carbonyl (C=O) groups is 1. The highest BCUT2D eigenvalue weighted by molar-refractivity contribution is 5.85. The first-order valence-electron chi connectivity index (χ1n) is 9.42. The number of likely N-dealkylation sites (tertiary alicyclic amines) is 1. The largest absolute Gasteiger partial charge is 0.497 e. The Morgan fingerprint density at radius 1 is 1.19 bits per heavy atom. The van der Waals surface area contributed by atoms with E-state index in [-0.39, 0.29) is 30.3 Å². The maximum Gasteiger partial charge on any atom is 0.239 e. The number of ether oxygens (including phenoxy) is 2. The first-order valence-corrected chi connectivity index (χ1v) is 9.42. The summed E-state index contributed by atoms with van der Waals surface area (Å²) in [6.45, 7) is 3.12. The fourth-order valence-electron chi connectivity index (χ4n) is 3.94. The molecule has 146 valence electrons. The van der Waals surface area contributed by atoms with E-state index in [1.165, 1.54) is 5.56 Å². The van der Waals surface area contributed by atoms with Crippen LogP contribution in [0.15, 0.2) is 24.3 Å². The molecule has 0 spiro atoms. The zero-order chi connectivity index (χ0) is 17.6. The van der Waals surface area contributed by atoms with Crippen LogP contribution in [0, 0.1) is 11.8 Å². The smallest absolute Gasteiger partial charge is 0.239 e. The molecule has 2 heterocycles. The number of amides is 1. The molecule has 2 aliphatic heterocycles. The van der Waals surface area contributed by atoms with Gasteiger partial charge in [-0.3, -0.25) is 4.79 Å². The van der Waals surface area contributed by atoms with Crippen molar-refractivity contribution in [2.24, 2.45) is 17.6 Å². The second kappa shape index (κ2) is 10.1. The molecule has 1 amide bonds. The Kier molecular flexibility index (Phi) is 8.19. The van der Waals surface area contributed by atoms with Crippen LogP contribution in [0.4, 0.5) is 0 Å². The molecule has 0 aliphatic carbocycles. The maximum atomic E-state index is 12.7. The van der Waals surface area contributed by atoms with Gasteiger partial charge in [0.05, 0.1) is 13.2 Å². The molecule has 0 bridgehead atoms. The fourth-order valence-corrected chi connectivity index (χ4v) is 3.94. The monoisotopic (exact) mass is 382 g/mol. The summed E-state index contributed by atoms with van der Waals surface area (Å²) in [6.07, 6.45) is 4.98. The summed E-state index contributed by atoms with van der Waals surface area (Å²) < 4.78 is 10.6. The van der Waals surface area contributed by atoms with E-state index in [1.807, 2.05) is 17.0 Å². The molecule has 2 saturated heterocycles. The Balaban J connectivity index is 0.00000243. The van der Waals surface area contributed by atoms with Gasteiger partial charge in [0.15, 0.2) is 0 Å². The van der Waals surface area contributed by atoms with Gasteiger partial charge < -0.3 is 20.1 Å². The summed E-state index contributed by atoms with van der Waals surface area (Å²) in [6, 6.07) is 7.94. The average Bonchev–Trinajstić information content (AvgIpc) is 2.69. The molecule has 3 rings (SSSR count). The number of nitrogens with two attached hydrogens (primary N) is 1. The maximum absolute atomic E-state index is 12.7. The minimum atomic E-state index is -0.359. The fraction of sp³-hybridized carbons (Fsp3) is 0.650. The lowest BCUT2D eigenvalue weighted by molar-refractivity contribution is -0.136. The number of methoxy groups -OCH3 is 1. The van der Waals surface area contributed by atoms with E-state index in [2.05, 4.69) is 12.1 Å². The van der Waals surface area contributed by atoms with Crippen molar-refractivity contribution >= 4 is 18.3 Å². The molecule has 6 heteroatoms. The molecule has 5 nitrogen and oxygen atoms in total. The van der Waals surface area contributed by atoms with Gasteiger partial charge >= 0.3 is 0 Å². The van der Waals surface area contributed by atoms with Crippen molar-refractivity contribution in [3.63, 3.8) is 0 Å². The predicted octanol–water partition coefficient (Wildman–Crippen LogP) is 2.65. The summed E-state index contributed by atoms with van der Waals surface area (Å²) in [5.41, 5.74) is 7.59. The van der Waals surface area contributed by atoms with Crippen molar-refractivity contribution in [2.75, 3.05) is 33.4 Å². The van der Waals surface area contributed by atoms with Crippen LogP contribution >= 0.6 is 12.4 Å². The third-order valence-electron chi connectivity index (χ3n) is 5.67. The van der Waals surface area contributed by atoms with Gasteiger partial charge in [0.1, 0.15) is 5.75 Å². The number of halogens is 1. The van der Waals surface area contributed by atoms with E-state index in [1.54, 1.807) is 7.11 Å². The highest BCUT2D eigenvalue weighted by atomic mass is 35.5. The Morgan fingerprint density at radius 3 is 2.38 bits per heavy atom. The highest BCUT2D eigenvalue weighted by Gasteiger charge is 2.31. The number of hydrogen-bond acceptors (Lipinski definition) is 4. The molecule has 1 unspecified atom stereocenters. The number of benzene rings is 1. The van der Waals surface area contributed by atoms with Crippen molar-refractivity contribution in [3.8, 4) is 5.75 Å². The lowest BCUT2D eigenvalue weighted by Crippen LogP contribution is -2.51. The van der Waals surface area contributed by atoms with Crippen LogP contribution in [-0.2, 0) is 16.0 Å². The zero-order valence-corrected chi connectivity index (χ0v) is 16.4. The minimum Gasteiger partial charge on any atom is -0.497 e. The van der Waals surface area contributed by atoms with Gasteiger partial charge in [0.2, 0.25) is 5.91 Å². The molecule has 1 aromatic carbocycles. The van der Waals surface area contributed by atoms with Crippen LogP contribution in [0.2, 0.25) is 0 Å². The van der Waals surface area contributed by atoms with Gasteiger partial charge in [-0.25, -0.2) is 0 Å². The van der Waals surface area contributed by atoms with Gasteiger partial charge in [-0.1, -0.05) is 12.1 Å². The van der Waals surface area contributed by atoms with Crippen LogP contribution in [0.25, 0.3) is 0 Å². The number of hydrogen-bond donors (Lipinski definition) is 1. The van der Waals surface area contributed by atoms with Crippen molar-refractivity contribution in [2.45, 2.75) is 38.1 Å². The van der Waals surface area contributed by atoms with Gasteiger partial charge in [-0.2, -0.15) is 0 Å². The van der Waals surface area contributed by atoms with E-state index in [9.17, 15) is 4.79 Å². The summed E-state index contributed by atoms with van der Waals surface area (Å²) in [4.78, 5) is 14.7. The van der Waals surface area contributed by atoms with Gasteiger partial charge in [-0.15, -0.1) is 12.4 Å². The normalized spacial score (nSPS) is 20.3. The molecule has 0 saturated carbocycles. The second-order valence-electron chi connectivity index (χ2n) is 7.30. The summed E-state index contributed by atoms with van der Waals surface area (Å²) in [5, 5.41) is 0. The topological polar surface area (TPSA) is 64.8 Å². The van der Waals surface area contributed by atoms with Crippen LogP contribution < -0.4 is 10.5 Å². The predicted molar refractivity (Wildman–Crippen MR) is 105 cm³/mol. The van der Waals surface area contributed by atoms with Crippen molar-refractivity contribution in [1.82, 2.24) is 4.90 Å². The van der Waals surface area contributed by atoms with Gasteiger partial charge in [0, 0.05) is 26.3 Å².